The van der Waals surface area contributed by atoms with E-state index in [1.165, 1.54) is 4.68 Å². The van der Waals surface area contributed by atoms with E-state index in [9.17, 15) is 0 Å². The molecule has 7 nitrogen and oxygen atoms in total. The first-order valence-corrected chi connectivity index (χ1v) is 5.31. The minimum absolute atomic E-state index is 0.263. The highest BCUT2D eigenvalue weighted by Gasteiger charge is 2.18. The highest BCUT2D eigenvalue weighted by molar-refractivity contribution is 5.66. The lowest BCUT2D eigenvalue weighted by molar-refractivity contribution is 0.808. The molecule has 0 aliphatic carbocycles. The SMILES string of the molecule is Cc1ccc(-n2nc(N(C)C)c(C#N)c2N)nn1. The van der Waals surface area contributed by atoms with Gasteiger partial charge in [-0.3, -0.25) is 0 Å². The third-order valence-corrected chi connectivity index (χ3v) is 2.44. The second-order valence-corrected chi connectivity index (χ2v) is 4.03. The number of nitrogens with zero attached hydrogens (tertiary/aromatic N) is 6. The van der Waals surface area contributed by atoms with E-state index < -0.39 is 0 Å². The maximum absolute atomic E-state index is 9.11. The van der Waals surface area contributed by atoms with Crippen LogP contribution in [0.4, 0.5) is 11.6 Å². The predicted octanol–water partition coefficient (Wildman–Crippen LogP) is 0.491. The van der Waals surface area contributed by atoms with Crippen LogP contribution in [0.2, 0.25) is 0 Å². The van der Waals surface area contributed by atoms with Crippen molar-refractivity contribution in [3.8, 4) is 11.9 Å². The lowest BCUT2D eigenvalue weighted by Gasteiger charge is -2.07. The summed E-state index contributed by atoms with van der Waals surface area (Å²) in [6.07, 6.45) is 0. The van der Waals surface area contributed by atoms with Gasteiger partial charge >= 0.3 is 0 Å². The summed E-state index contributed by atoms with van der Waals surface area (Å²) >= 11 is 0. The van der Waals surface area contributed by atoms with Crippen LogP contribution < -0.4 is 10.6 Å². The number of aryl methyl sites for hydroxylation is 1. The fourth-order valence-corrected chi connectivity index (χ4v) is 1.52. The van der Waals surface area contributed by atoms with Gasteiger partial charge in [0, 0.05) is 14.1 Å². The van der Waals surface area contributed by atoms with Crippen LogP contribution in [0.25, 0.3) is 5.82 Å². The normalized spacial score (nSPS) is 10.1. The first kappa shape index (κ1) is 11.9. The molecule has 0 aliphatic heterocycles. The van der Waals surface area contributed by atoms with Crippen molar-refractivity contribution in [1.82, 2.24) is 20.0 Å². The predicted molar refractivity (Wildman–Crippen MR) is 67.3 cm³/mol. The lowest BCUT2D eigenvalue weighted by atomic mass is 10.3. The number of hydrogen-bond acceptors (Lipinski definition) is 6. The van der Waals surface area contributed by atoms with Gasteiger partial charge in [0.05, 0.1) is 5.69 Å². The molecule has 0 atom stereocenters. The summed E-state index contributed by atoms with van der Waals surface area (Å²) in [5.41, 5.74) is 7.05. The summed E-state index contributed by atoms with van der Waals surface area (Å²) in [7, 11) is 3.60. The van der Waals surface area contributed by atoms with Crippen molar-refractivity contribution >= 4 is 11.6 Å². The number of hydrogen-bond donors (Lipinski definition) is 1. The fourth-order valence-electron chi connectivity index (χ4n) is 1.52. The summed E-state index contributed by atoms with van der Waals surface area (Å²) in [6.45, 7) is 1.84. The number of nitrogens with two attached hydrogens (primary N) is 1. The highest BCUT2D eigenvalue weighted by atomic mass is 15.4. The molecule has 0 unspecified atom stereocenters. The van der Waals surface area contributed by atoms with Crippen LogP contribution in [0.15, 0.2) is 12.1 Å². The number of nitriles is 1. The molecular formula is C11H13N7. The lowest BCUT2D eigenvalue weighted by Crippen LogP contribution is -2.11. The first-order chi connectivity index (χ1) is 8.54. The van der Waals surface area contributed by atoms with Crippen LogP contribution in [-0.4, -0.2) is 34.1 Å². The van der Waals surface area contributed by atoms with E-state index in [-0.39, 0.29) is 5.82 Å². The minimum atomic E-state index is 0.263. The van der Waals surface area contributed by atoms with Gasteiger partial charge in [-0.2, -0.15) is 15.0 Å². The van der Waals surface area contributed by atoms with Crippen molar-refractivity contribution < 1.29 is 0 Å². The molecular weight excluding hydrogens is 230 g/mol. The molecule has 18 heavy (non-hydrogen) atoms. The Balaban J connectivity index is 2.59. The average molecular weight is 243 g/mol. The van der Waals surface area contributed by atoms with Crippen molar-refractivity contribution in [2.75, 3.05) is 24.7 Å². The molecule has 0 fully saturated rings. The van der Waals surface area contributed by atoms with E-state index in [1.54, 1.807) is 25.1 Å². The fraction of sp³-hybridized carbons (Fsp3) is 0.273. The van der Waals surface area contributed by atoms with Crippen LogP contribution >= 0.6 is 0 Å². The standard InChI is InChI=1S/C11H13N7/c1-7-4-5-9(15-14-7)18-10(13)8(6-12)11(16-18)17(2)3/h4-5H,13H2,1-3H3. The van der Waals surface area contributed by atoms with Gasteiger partial charge in [0.25, 0.3) is 0 Å². The summed E-state index contributed by atoms with van der Waals surface area (Å²) in [4.78, 5) is 1.73. The molecule has 2 N–H and O–H groups in total. The van der Waals surface area contributed by atoms with Gasteiger partial charge in [0.15, 0.2) is 11.6 Å². The van der Waals surface area contributed by atoms with Crippen molar-refractivity contribution in [3.63, 3.8) is 0 Å². The Morgan fingerprint density at radius 3 is 2.50 bits per heavy atom. The van der Waals surface area contributed by atoms with Crippen molar-refractivity contribution in [1.29, 1.82) is 5.26 Å². The number of aromatic nitrogens is 4. The average Bonchev–Trinajstić information content (AvgIpc) is 2.67. The summed E-state index contributed by atoms with van der Waals surface area (Å²) in [5, 5.41) is 21.3. The maximum Gasteiger partial charge on any atom is 0.178 e. The molecule has 0 bridgehead atoms. The highest BCUT2D eigenvalue weighted by Crippen LogP contribution is 2.24. The van der Waals surface area contributed by atoms with Crippen LogP contribution in [-0.2, 0) is 0 Å². The van der Waals surface area contributed by atoms with Gasteiger partial charge in [-0.05, 0) is 19.1 Å². The zero-order valence-electron chi connectivity index (χ0n) is 10.4. The van der Waals surface area contributed by atoms with Crippen molar-refractivity contribution in [3.05, 3.63) is 23.4 Å². The number of rotatable bonds is 2. The molecule has 92 valence electrons. The van der Waals surface area contributed by atoms with Gasteiger partial charge in [-0.1, -0.05) is 0 Å². The molecule has 0 amide bonds. The van der Waals surface area contributed by atoms with E-state index in [0.29, 0.717) is 17.2 Å². The van der Waals surface area contributed by atoms with E-state index in [4.69, 9.17) is 11.0 Å². The molecule has 0 saturated carbocycles. The van der Waals surface area contributed by atoms with E-state index >= 15 is 0 Å². The Morgan fingerprint density at radius 1 is 1.33 bits per heavy atom. The summed E-state index contributed by atoms with van der Waals surface area (Å²) in [6, 6.07) is 5.62. The molecule has 0 spiro atoms. The minimum Gasteiger partial charge on any atom is -0.382 e. The Labute approximate surface area is 104 Å². The van der Waals surface area contributed by atoms with Crippen molar-refractivity contribution in [2.45, 2.75) is 6.92 Å². The summed E-state index contributed by atoms with van der Waals surface area (Å²) < 4.78 is 1.42. The van der Waals surface area contributed by atoms with Gasteiger partial charge in [0.1, 0.15) is 17.5 Å². The first-order valence-electron chi connectivity index (χ1n) is 5.31. The molecule has 0 saturated heterocycles. The Kier molecular flexibility index (Phi) is 2.85. The van der Waals surface area contributed by atoms with Crippen LogP contribution in [0.5, 0.6) is 0 Å². The van der Waals surface area contributed by atoms with Gasteiger partial charge in [0.2, 0.25) is 0 Å². The Hall–Kier alpha value is -2.62. The second-order valence-electron chi connectivity index (χ2n) is 4.03. The summed E-state index contributed by atoms with van der Waals surface area (Å²) in [5.74, 6) is 1.26. The third kappa shape index (κ3) is 1.84. The molecule has 2 heterocycles. The molecule has 0 radical (unpaired) electrons. The van der Waals surface area contributed by atoms with Crippen LogP contribution in [0, 0.1) is 18.3 Å². The van der Waals surface area contributed by atoms with Crippen LogP contribution in [0.1, 0.15) is 11.3 Å². The molecule has 2 rings (SSSR count). The Bertz CT molecular complexity index is 604. The zero-order chi connectivity index (χ0) is 13.3. The van der Waals surface area contributed by atoms with Gasteiger partial charge in [-0.25, -0.2) is 0 Å². The van der Waals surface area contributed by atoms with Crippen molar-refractivity contribution in [2.24, 2.45) is 0 Å². The zero-order valence-corrected chi connectivity index (χ0v) is 10.4. The molecule has 7 heteroatoms. The van der Waals surface area contributed by atoms with Gasteiger partial charge in [-0.15, -0.1) is 10.2 Å². The Morgan fingerprint density at radius 2 is 2.06 bits per heavy atom. The number of anilines is 2. The van der Waals surface area contributed by atoms with E-state index in [0.717, 1.165) is 5.69 Å². The molecule has 2 aromatic heterocycles. The number of nitrogen functional groups attached to an aromatic ring is 1. The second kappa shape index (κ2) is 4.33. The monoisotopic (exact) mass is 243 g/mol. The van der Waals surface area contributed by atoms with E-state index in [1.807, 2.05) is 19.1 Å². The molecule has 2 aromatic rings. The molecule has 0 aliphatic rings. The molecule has 0 aromatic carbocycles. The van der Waals surface area contributed by atoms with Crippen LogP contribution in [0.3, 0.4) is 0 Å². The van der Waals surface area contributed by atoms with E-state index in [2.05, 4.69) is 15.3 Å². The maximum atomic E-state index is 9.11. The topological polar surface area (TPSA) is 96.7 Å². The smallest absolute Gasteiger partial charge is 0.178 e. The third-order valence-electron chi connectivity index (χ3n) is 2.44. The quantitative estimate of drug-likeness (QED) is 0.824. The van der Waals surface area contributed by atoms with Gasteiger partial charge < -0.3 is 10.6 Å². The largest absolute Gasteiger partial charge is 0.382 e.